The highest BCUT2D eigenvalue weighted by Crippen LogP contribution is 2.22. The first-order chi connectivity index (χ1) is 15.8. The minimum atomic E-state index is -3.65. The van der Waals surface area contributed by atoms with E-state index in [4.69, 9.17) is 0 Å². The Balaban J connectivity index is 1.41. The molecule has 12 heteroatoms. The van der Waals surface area contributed by atoms with Gasteiger partial charge in [-0.25, -0.2) is 13.1 Å². The summed E-state index contributed by atoms with van der Waals surface area (Å²) in [7, 11) is -3.65. The highest BCUT2D eigenvalue weighted by atomic mass is 32.2. The second kappa shape index (κ2) is 8.82. The maximum atomic E-state index is 12.6. The molecular formula is C21H20N6O5S. The van der Waals surface area contributed by atoms with Crippen LogP contribution in [0.1, 0.15) is 29.4 Å². The number of amidine groups is 1. The fourth-order valence-corrected chi connectivity index (χ4v) is 4.64. The highest BCUT2D eigenvalue weighted by Gasteiger charge is 2.30. The topological polar surface area (TPSA) is 152 Å². The molecule has 0 fully saturated rings. The first kappa shape index (κ1) is 22.1. The Bertz CT molecular complexity index is 1460. The number of nitrogens with one attached hydrogen (secondary N) is 3. The highest BCUT2D eigenvalue weighted by molar-refractivity contribution is 7.90. The van der Waals surface area contributed by atoms with Crippen molar-refractivity contribution in [3.8, 4) is 0 Å². The Morgan fingerprint density at radius 3 is 2.52 bits per heavy atom. The van der Waals surface area contributed by atoms with Gasteiger partial charge in [0.15, 0.2) is 5.69 Å². The molecule has 0 atom stereocenters. The molecule has 170 valence electrons. The van der Waals surface area contributed by atoms with Gasteiger partial charge in [0, 0.05) is 23.9 Å². The van der Waals surface area contributed by atoms with Crippen LogP contribution in [0.25, 0.3) is 10.8 Å². The quantitative estimate of drug-likeness (QED) is 0.458. The van der Waals surface area contributed by atoms with Crippen molar-refractivity contribution in [3.63, 3.8) is 0 Å². The number of benzene rings is 2. The lowest BCUT2D eigenvalue weighted by Gasteiger charge is -2.10. The van der Waals surface area contributed by atoms with Crippen LogP contribution in [-0.4, -0.2) is 42.4 Å². The van der Waals surface area contributed by atoms with Crippen LogP contribution in [0.2, 0.25) is 0 Å². The molecule has 4 rings (SSSR count). The van der Waals surface area contributed by atoms with Crippen molar-refractivity contribution in [3.05, 3.63) is 70.1 Å². The van der Waals surface area contributed by atoms with Crippen molar-refractivity contribution in [1.29, 1.82) is 0 Å². The first-order valence-corrected chi connectivity index (χ1v) is 11.6. The van der Waals surface area contributed by atoms with E-state index in [1.54, 1.807) is 49.4 Å². The molecular weight excluding hydrogens is 448 g/mol. The molecule has 2 amide bonds. The molecule has 3 N–H and O–H groups in total. The van der Waals surface area contributed by atoms with Crippen molar-refractivity contribution >= 4 is 38.4 Å². The molecule has 2 heterocycles. The summed E-state index contributed by atoms with van der Waals surface area (Å²) in [6, 6.07) is 13.0. The summed E-state index contributed by atoms with van der Waals surface area (Å²) in [4.78, 5) is 41.5. The van der Waals surface area contributed by atoms with Crippen molar-refractivity contribution in [1.82, 2.24) is 25.4 Å². The Labute approximate surface area is 188 Å². The standard InChI is InChI=1S/C21H20N6O5S/c1-2-27-21(30)14-8-4-3-7-13(14)18(25-27)20(29)24-23-17(28)11-12-22-19-15-9-5-6-10-16(15)33(31,32)26-19/h3-10H,2,11-12H2,1H3,(H,22,26)(H,23,28)(H,24,29). The predicted octanol–water partition coefficient (Wildman–Crippen LogP) is 0.306. The summed E-state index contributed by atoms with van der Waals surface area (Å²) in [6.07, 6.45) is -0.101. The van der Waals surface area contributed by atoms with Crippen molar-refractivity contribution in [2.75, 3.05) is 6.54 Å². The number of nitrogens with zero attached hydrogens (tertiary/aromatic N) is 3. The average Bonchev–Trinajstić information content (AvgIpc) is 3.08. The monoisotopic (exact) mass is 468 g/mol. The van der Waals surface area contributed by atoms with Gasteiger partial charge < -0.3 is 0 Å². The Hall–Kier alpha value is -4.06. The third kappa shape index (κ3) is 4.32. The number of fused-ring (bicyclic) bond motifs is 2. The van der Waals surface area contributed by atoms with Crippen LogP contribution < -0.4 is 21.1 Å². The van der Waals surface area contributed by atoms with E-state index >= 15 is 0 Å². The second-order valence-corrected chi connectivity index (χ2v) is 8.75. The van der Waals surface area contributed by atoms with E-state index in [1.165, 1.54) is 10.7 Å². The van der Waals surface area contributed by atoms with Gasteiger partial charge >= 0.3 is 0 Å². The number of rotatable bonds is 5. The van der Waals surface area contributed by atoms with E-state index in [-0.39, 0.29) is 41.5 Å². The number of aromatic nitrogens is 2. The van der Waals surface area contributed by atoms with Crippen molar-refractivity contribution in [2.45, 2.75) is 24.8 Å². The Morgan fingerprint density at radius 1 is 1.06 bits per heavy atom. The summed E-state index contributed by atoms with van der Waals surface area (Å²) in [5.41, 5.74) is 4.71. The SMILES string of the molecule is CCn1nc(C(=O)NNC(=O)CCN=C2NS(=O)(=O)c3ccccc32)c2ccccc2c1=O. The first-order valence-electron chi connectivity index (χ1n) is 10.1. The third-order valence-electron chi connectivity index (χ3n) is 4.97. The van der Waals surface area contributed by atoms with E-state index in [1.807, 2.05) is 0 Å². The number of hydrogen-bond acceptors (Lipinski definition) is 7. The molecule has 3 aromatic rings. The zero-order valence-corrected chi connectivity index (χ0v) is 18.3. The van der Waals surface area contributed by atoms with Crippen LogP contribution >= 0.6 is 0 Å². The molecule has 0 radical (unpaired) electrons. The lowest BCUT2D eigenvalue weighted by molar-refractivity contribution is -0.121. The van der Waals surface area contributed by atoms with E-state index in [0.29, 0.717) is 16.3 Å². The molecule has 1 aliphatic heterocycles. The maximum absolute atomic E-state index is 12.6. The van der Waals surface area contributed by atoms with E-state index < -0.39 is 21.8 Å². The molecule has 0 unspecified atom stereocenters. The minimum Gasteiger partial charge on any atom is -0.273 e. The second-order valence-electron chi connectivity index (χ2n) is 7.10. The Kier molecular flexibility index (Phi) is 5.92. The molecule has 0 aliphatic carbocycles. The summed E-state index contributed by atoms with van der Waals surface area (Å²) in [6.45, 7) is 2.01. The molecule has 1 aliphatic rings. The fraction of sp³-hybridized carbons (Fsp3) is 0.190. The molecule has 33 heavy (non-hydrogen) atoms. The predicted molar refractivity (Wildman–Crippen MR) is 120 cm³/mol. The molecule has 11 nitrogen and oxygen atoms in total. The van der Waals surface area contributed by atoms with Crippen LogP contribution in [-0.2, 0) is 21.4 Å². The summed E-state index contributed by atoms with van der Waals surface area (Å²) in [5.74, 6) is -1.04. The van der Waals surface area contributed by atoms with Crippen LogP contribution in [0.5, 0.6) is 0 Å². The van der Waals surface area contributed by atoms with Gasteiger partial charge in [-0.1, -0.05) is 30.3 Å². The van der Waals surface area contributed by atoms with Gasteiger partial charge in [0.25, 0.3) is 21.5 Å². The van der Waals surface area contributed by atoms with E-state index in [9.17, 15) is 22.8 Å². The van der Waals surface area contributed by atoms with Crippen LogP contribution in [0, 0.1) is 0 Å². The molecule has 0 saturated heterocycles. The summed E-state index contributed by atoms with van der Waals surface area (Å²) in [5, 5.41) is 4.82. The zero-order chi connectivity index (χ0) is 23.6. The number of aryl methyl sites for hydroxylation is 1. The van der Waals surface area contributed by atoms with Gasteiger partial charge in [-0.3, -0.25) is 34.9 Å². The smallest absolute Gasteiger partial charge is 0.273 e. The van der Waals surface area contributed by atoms with Gasteiger partial charge in [-0.05, 0) is 25.1 Å². The van der Waals surface area contributed by atoms with Crippen LogP contribution in [0.4, 0.5) is 0 Å². The third-order valence-corrected chi connectivity index (χ3v) is 6.37. The number of sulfonamides is 1. The molecule has 0 spiro atoms. The van der Waals surface area contributed by atoms with E-state index in [2.05, 4.69) is 25.7 Å². The number of carbonyl (C=O) groups excluding carboxylic acids is 2. The molecule has 0 saturated carbocycles. The van der Waals surface area contributed by atoms with Gasteiger partial charge in [0.1, 0.15) is 5.84 Å². The minimum absolute atomic E-state index is 0.00418. The molecule has 2 aromatic carbocycles. The molecule has 0 bridgehead atoms. The van der Waals surface area contributed by atoms with Crippen molar-refractivity contribution < 1.29 is 18.0 Å². The fourth-order valence-electron chi connectivity index (χ4n) is 3.39. The van der Waals surface area contributed by atoms with Crippen molar-refractivity contribution in [2.24, 2.45) is 4.99 Å². The summed E-state index contributed by atoms with van der Waals surface area (Å²) < 4.78 is 27.7. The average molecular weight is 468 g/mol. The number of aliphatic imine (C=N–C) groups is 1. The van der Waals surface area contributed by atoms with Gasteiger partial charge in [0.2, 0.25) is 5.91 Å². The van der Waals surface area contributed by atoms with Gasteiger partial charge in [-0.15, -0.1) is 0 Å². The van der Waals surface area contributed by atoms with Crippen LogP contribution in [0.3, 0.4) is 0 Å². The lowest BCUT2D eigenvalue weighted by atomic mass is 10.1. The Morgan fingerprint density at radius 2 is 1.76 bits per heavy atom. The lowest BCUT2D eigenvalue weighted by Crippen LogP contribution is -2.43. The number of hydrogen-bond donors (Lipinski definition) is 3. The number of hydrazine groups is 1. The normalized spacial score (nSPS) is 15.1. The number of carbonyl (C=O) groups is 2. The number of amides is 2. The van der Waals surface area contributed by atoms with Crippen LogP contribution in [0.15, 0.2) is 63.2 Å². The van der Waals surface area contributed by atoms with E-state index in [0.717, 1.165) is 0 Å². The molecule has 1 aromatic heterocycles. The zero-order valence-electron chi connectivity index (χ0n) is 17.5. The summed E-state index contributed by atoms with van der Waals surface area (Å²) >= 11 is 0. The van der Waals surface area contributed by atoms with Gasteiger partial charge in [-0.2, -0.15) is 5.10 Å². The maximum Gasteiger partial charge on any atom is 0.290 e. The largest absolute Gasteiger partial charge is 0.290 e. The van der Waals surface area contributed by atoms with Gasteiger partial charge in [0.05, 0.1) is 16.8 Å².